The second kappa shape index (κ2) is 6.20. The molecule has 2 aromatic rings. The summed E-state index contributed by atoms with van der Waals surface area (Å²) in [5.41, 5.74) is 1.36. The summed E-state index contributed by atoms with van der Waals surface area (Å²) < 4.78 is 12.7. The fourth-order valence-corrected chi connectivity index (χ4v) is 1.73. The Morgan fingerprint density at radius 2 is 1.79 bits per heavy atom. The molecule has 0 atom stereocenters. The lowest BCUT2D eigenvalue weighted by Gasteiger charge is -2.08. The first-order valence-electron chi connectivity index (χ1n) is 5.69. The van der Waals surface area contributed by atoms with Crippen LogP contribution in [-0.4, -0.2) is 6.03 Å². The summed E-state index contributed by atoms with van der Waals surface area (Å²) in [6.45, 7) is 0.326. The van der Waals surface area contributed by atoms with Gasteiger partial charge in [-0.05, 0) is 35.9 Å². The zero-order valence-corrected chi connectivity index (χ0v) is 10.7. The van der Waals surface area contributed by atoms with Crippen LogP contribution in [0.3, 0.4) is 0 Å². The molecule has 3 nitrogen and oxygen atoms in total. The molecule has 0 unspecified atom stereocenters. The Kier molecular flexibility index (Phi) is 4.36. The van der Waals surface area contributed by atoms with Crippen molar-refractivity contribution in [2.45, 2.75) is 6.54 Å². The zero-order chi connectivity index (χ0) is 13.7. The maximum atomic E-state index is 12.7. The van der Waals surface area contributed by atoms with Crippen LogP contribution in [0, 0.1) is 5.82 Å². The van der Waals surface area contributed by atoms with E-state index in [1.165, 1.54) is 24.3 Å². The smallest absolute Gasteiger partial charge is 0.319 e. The lowest BCUT2D eigenvalue weighted by molar-refractivity contribution is 0.251. The fraction of sp³-hybridized carbons (Fsp3) is 0.0714. The molecule has 0 aliphatic heterocycles. The largest absolute Gasteiger partial charge is 0.334 e. The number of halogens is 2. The fourth-order valence-electron chi connectivity index (χ4n) is 1.53. The molecular formula is C14H12ClFN2O. The summed E-state index contributed by atoms with van der Waals surface area (Å²) in [5, 5.41) is 5.88. The van der Waals surface area contributed by atoms with Crippen molar-refractivity contribution in [2.75, 3.05) is 5.32 Å². The predicted octanol–water partition coefficient (Wildman–Crippen LogP) is 3.80. The molecule has 0 spiro atoms. The number of nitrogens with one attached hydrogen (secondary N) is 2. The van der Waals surface area contributed by atoms with Crippen molar-refractivity contribution in [1.29, 1.82) is 0 Å². The van der Waals surface area contributed by atoms with Crippen molar-refractivity contribution in [1.82, 2.24) is 5.32 Å². The van der Waals surface area contributed by atoms with Crippen LogP contribution >= 0.6 is 11.6 Å². The van der Waals surface area contributed by atoms with Crippen LogP contribution in [-0.2, 0) is 6.54 Å². The second-order valence-corrected chi connectivity index (χ2v) is 4.31. The summed E-state index contributed by atoms with van der Waals surface area (Å²) in [4.78, 5) is 11.6. The van der Waals surface area contributed by atoms with Gasteiger partial charge < -0.3 is 10.6 Å². The summed E-state index contributed by atoms with van der Waals surface area (Å²) in [6, 6.07) is 12.4. The van der Waals surface area contributed by atoms with Gasteiger partial charge in [0.1, 0.15) is 5.82 Å². The van der Waals surface area contributed by atoms with Crippen molar-refractivity contribution in [3.63, 3.8) is 0 Å². The van der Waals surface area contributed by atoms with Crippen molar-refractivity contribution in [3.05, 3.63) is 64.9 Å². The highest BCUT2D eigenvalue weighted by atomic mass is 35.5. The average molecular weight is 279 g/mol. The normalized spacial score (nSPS) is 10.0. The number of anilines is 1. The van der Waals surface area contributed by atoms with Gasteiger partial charge in [-0.25, -0.2) is 9.18 Å². The van der Waals surface area contributed by atoms with Gasteiger partial charge in [0, 0.05) is 17.3 Å². The van der Waals surface area contributed by atoms with E-state index in [1.54, 1.807) is 6.07 Å². The van der Waals surface area contributed by atoms with E-state index in [0.29, 0.717) is 17.3 Å². The Labute approximate surface area is 115 Å². The van der Waals surface area contributed by atoms with Crippen molar-refractivity contribution in [3.8, 4) is 0 Å². The number of urea groups is 1. The highest BCUT2D eigenvalue weighted by Gasteiger charge is 2.03. The molecule has 98 valence electrons. The minimum Gasteiger partial charge on any atom is -0.334 e. The first-order chi connectivity index (χ1) is 9.15. The van der Waals surface area contributed by atoms with Crippen molar-refractivity contribution in [2.24, 2.45) is 0 Å². The zero-order valence-electron chi connectivity index (χ0n) is 9.99. The molecule has 0 heterocycles. The van der Waals surface area contributed by atoms with Gasteiger partial charge in [0.05, 0.1) is 0 Å². The van der Waals surface area contributed by atoms with E-state index >= 15 is 0 Å². The minimum atomic E-state index is -0.369. The molecule has 0 saturated heterocycles. The minimum absolute atomic E-state index is 0.326. The van der Waals surface area contributed by atoms with E-state index in [1.807, 2.05) is 18.2 Å². The van der Waals surface area contributed by atoms with Gasteiger partial charge in [-0.2, -0.15) is 0 Å². The molecule has 0 fully saturated rings. The second-order valence-electron chi connectivity index (χ2n) is 3.91. The third kappa shape index (κ3) is 3.96. The third-order valence-electron chi connectivity index (χ3n) is 2.50. The molecule has 2 N–H and O–H groups in total. The third-order valence-corrected chi connectivity index (χ3v) is 2.87. The summed E-state index contributed by atoms with van der Waals surface area (Å²) >= 11 is 5.97. The Balaban J connectivity index is 1.88. The maximum Gasteiger partial charge on any atom is 0.319 e. The molecule has 0 aromatic heterocycles. The number of hydrogen-bond donors (Lipinski definition) is 2. The highest BCUT2D eigenvalue weighted by molar-refractivity contribution is 6.31. The summed E-state index contributed by atoms with van der Waals surface area (Å²) in [6.07, 6.45) is 0. The number of amides is 2. The van der Waals surface area contributed by atoms with Crippen LogP contribution in [0.25, 0.3) is 0 Å². The first-order valence-corrected chi connectivity index (χ1v) is 6.07. The number of benzene rings is 2. The van der Waals surface area contributed by atoms with Crippen LogP contribution in [0.5, 0.6) is 0 Å². The van der Waals surface area contributed by atoms with Gasteiger partial charge in [-0.3, -0.25) is 0 Å². The topological polar surface area (TPSA) is 41.1 Å². The molecule has 5 heteroatoms. The van der Waals surface area contributed by atoms with Crippen molar-refractivity contribution < 1.29 is 9.18 Å². The molecule has 0 radical (unpaired) electrons. The van der Waals surface area contributed by atoms with Crippen LogP contribution in [0.1, 0.15) is 5.56 Å². The lowest BCUT2D eigenvalue weighted by Crippen LogP contribution is -2.28. The highest BCUT2D eigenvalue weighted by Crippen LogP contribution is 2.14. The molecule has 0 aliphatic carbocycles. The molecule has 2 amide bonds. The Morgan fingerprint density at radius 1 is 1.11 bits per heavy atom. The van der Waals surface area contributed by atoms with Gasteiger partial charge in [0.15, 0.2) is 0 Å². The number of carbonyl (C=O) groups excluding carboxylic acids is 1. The van der Waals surface area contributed by atoms with Crippen LogP contribution < -0.4 is 10.6 Å². The van der Waals surface area contributed by atoms with E-state index < -0.39 is 0 Å². The molecule has 0 bridgehead atoms. The van der Waals surface area contributed by atoms with Crippen LogP contribution in [0.2, 0.25) is 5.02 Å². The number of carbonyl (C=O) groups is 1. The van der Waals surface area contributed by atoms with Crippen molar-refractivity contribution >= 4 is 23.3 Å². The summed E-state index contributed by atoms with van der Waals surface area (Å²) in [7, 11) is 0. The molecule has 2 rings (SSSR count). The predicted molar refractivity (Wildman–Crippen MR) is 73.7 cm³/mol. The SMILES string of the molecule is O=C(NCc1ccccc1Cl)Nc1ccc(F)cc1. The Bertz CT molecular complexity index is 572. The molecule has 19 heavy (non-hydrogen) atoms. The Hall–Kier alpha value is -2.07. The van der Waals surface area contributed by atoms with Gasteiger partial charge in [0.2, 0.25) is 0 Å². The average Bonchev–Trinajstić information content (AvgIpc) is 2.40. The maximum absolute atomic E-state index is 12.7. The molecular weight excluding hydrogens is 267 g/mol. The van der Waals surface area contributed by atoms with Crippen LogP contribution in [0.15, 0.2) is 48.5 Å². The van der Waals surface area contributed by atoms with E-state index in [-0.39, 0.29) is 11.8 Å². The lowest BCUT2D eigenvalue weighted by atomic mass is 10.2. The van der Waals surface area contributed by atoms with Gasteiger partial charge >= 0.3 is 6.03 Å². The van der Waals surface area contributed by atoms with E-state index in [4.69, 9.17) is 11.6 Å². The van der Waals surface area contributed by atoms with Gasteiger partial charge in [-0.1, -0.05) is 29.8 Å². The number of rotatable bonds is 3. The standard InChI is InChI=1S/C14H12ClFN2O/c15-13-4-2-1-3-10(13)9-17-14(19)18-12-7-5-11(16)6-8-12/h1-8H,9H2,(H2,17,18,19). The van der Waals surface area contributed by atoms with E-state index in [9.17, 15) is 9.18 Å². The van der Waals surface area contributed by atoms with E-state index in [2.05, 4.69) is 10.6 Å². The summed E-state index contributed by atoms with van der Waals surface area (Å²) in [5.74, 6) is -0.345. The first kappa shape index (κ1) is 13.4. The molecule has 2 aromatic carbocycles. The van der Waals surface area contributed by atoms with Gasteiger partial charge in [0.25, 0.3) is 0 Å². The monoisotopic (exact) mass is 278 g/mol. The molecule has 0 saturated carbocycles. The van der Waals surface area contributed by atoms with Gasteiger partial charge in [-0.15, -0.1) is 0 Å². The Morgan fingerprint density at radius 3 is 2.47 bits per heavy atom. The number of hydrogen-bond acceptors (Lipinski definition) is 1. The van der Waals surface area contributed by atoms with Crippen LogP contribution in [0.4, 0.5) is 14.9 Å². The van der Waals surface area contributed by atoms with E-state index in [0.717, 1.165) is 5.56 Å². The molecule has 0 aliphatic rings. The quantitative estimate of drug-likeness (QED) is 0.881.